The van der Waals surface area contributed by atoms with Crippen LogP contribution in [0.2, 0.25) is 0 Å². The Morgan fingerprint density at radius 2 is 1.24 bits per heavy atom. The molecule has 1 aromatic rings. The number of hydrogen-bond donors (Lipinski definition) is 0. The van der Waals surface area contributed by atoms with Crippen LogP contribution in [0.25, 0.3) is 0 Å². The smallest absolute Gasteiger partial charge is 0.0205 e. The van der Waals surface area contributed by atoms with Crippen molar-refractivity contribution in [1.82, 2.24) is 0 Å². The lowest BCUT2D eigenvalue weighted by Crippen LogP contribution is -2.08. The minimum atomic E-state index is 0.936. The molecule has 2 saturated carbocycles. The molecule has 0 unspecified atom stereocenters. The second-order valence-electron chi connectivity index (χ2n) is 6.61. The van der Waals surface area contributed by atoms with Crippen LogP contribution in [-0.2, 0) is 0 Å². The summed E-state index contributed by atoms with van der Waals surface area (Å²) >= 11 is 2.69. The molecule has 0 radical (unpaired) electrons. The van der Waals surface area contributed by atoms with Crippen molar-refractivity contribution in [1.29, 1.82) is 0 Å². The van der Waals surface area contributed by atoms with Crippen LogP contribution in [0.15, 0.2) is 6.07 Å². The normalized spacial score (nSPS) is 39.8. The molecule has 4 bridgehead atoms. The van der Waals surface area contributed by atoms with Gasteiger partial charge in [-0.2, -0.15) is 0 Å². The van der Waals surface area contributed by atoms with E-state index in [1.807, 2.05) is 0 Å². The minimum absolute atomic E-state index is 0.936. The van der Waals surface area contributed by atoms with Gasteiger partial charge < -0.3 is 0 Å². The number of benzene rings is 1. The highest BCUT2D eigenvalue weighted by molar-refractivity contribution is 14.1. The molecule has 4 aliphatic rings. The molecule has 4 aliphatic carbocycles. The van der Waals surface area contributed by atoms with E-state index < -0.39 is 0 Å². The maximum absolute atomic E-state index is 2.69. The number of fused-ring (bicyclic) bond motifs is 10. The first-order chi connectivity index (χ1) is 8.33. The van der Waals surface area contributed by atoms with Gasteiger partial charge in [-0.3, -0.25) is 0 Å². The van der Waals surface area contributed by atoms with Crippen molar-refractivity contribution in [3.05, 3.63) is 31.9 Å². The average molecular weight is 336 g/mol. The Morgan fingerprint density at radius 1 is 0.765 bits per heavy atom. The fraction of sp³-hybridized carbons (Fsp3) is 0.625. The van der Waals surface area contributed by atoms with E-state index in [2.05, 4.69) is 28.7 Å². The molecule has 17 heavy (non-hydrogen) atoms. The molecule has 0 amide bonds. The zero-order valence-corrected chi connectivity index (χ0v) is 12.2. The number of rotatable bonds is 0. The lowest BCUT2D eigenvalue weighted by molar-refractivity contribution is 0.684. The van der Waals surface area contributed by atoms with Crippen molar-refractivity contribution in [2.24, 2.45) is 0 Å². The van der Waals surface area contributed by atoms with Gasteiger partial charge in [0.2, 0.25) is 0 Å². The van der Waals surface area contributed by atoms with Crippen molar-refractivity contribution in [2.75, 3.05) is 0 Å². The molecule has 5 rings (SSSR count). The van der Waals surface area contributed by atoms with Crippen molar-refractivity contribution < 1.29 is 0 Å². The zero-order valence-electron chi connectivity index (χ0n) is 10.0. The molecule has 88 valence electrons. The Labute approximate surface area is 116 Å². The van der Waals surface area contributed by atoms with E-state index in [1.54, 1.807) is 25.8 Å². The standard InChI is InChI=1S/C16H17I/c17-16-14-10-3-1-8(5-10)12(14)7-13-9-2-4-11(6-9)15(13)16/h7-11H,1-6H2/t8-,9-,10+,11+/m1/s1. The summed E-state index contributed by atoms with van der Waals surface area (Å²) in [5.41, 5.74) is 7.15. The van der Waals surface area contributed by atoms with Crippen LogP contribution >= 0.6 is 22.6 Å². The summed E-state index contributed by atoms with van der Waals surface area (Å²) in [5.74, 6) is 3.75. The highest BCUT2D eigenvalue weighted by Crippen LogP contribution is 2.61. The number of halogens is 1. The summed E-state index contributed by atoms with van der Waals surface area (Å²) in [6.07, 6.45) is 8.84. The van der Waals surface area contributed by atoms with Gasteiger partial charge in [-0.1, -0.05) is 6.07 Å². The van der Waals surface area contributed by atoms with Crippen LogP contribution in [-0.4, -0.2) is 0 Å². The van der Waals surface area contributed by atoms with Crippen LogP contribution in [0.4, 0.5) is 0 Å². The van der Waals surface area contributed by atoms with E-state index in [0.29, 0.717) is 0 Å². The Hall–Kier alpha value is -0.0500. The van der Waals surface area contributed by atoms with Crippen LogP contribution < -0.4 is 0 Å². The van der Waals surface area contributed by atoms with Crippen molar-refractivity contribution in [3.63, 3.8) is 0 Å². The van der Waals surface area contributed by atoms with Gasteiger partial charge in [0.05, 0.1) is 0 Å². The third-order valence-electron chi connectivity index (χ3n) is 5.97. The van der Waals surface area contributed by atoms with Gasteiger partial charge in [0.15, 0.2) is 0 Å². The summed E-state index contributed by atoms with van der Waals surface area (Å²) in [7, 11) is 0. The molecule has 0 nitrogen and oxygen atoms in total. The van der Waals surface area contributed by atoms with Crippen molar-refractivity contribution in [2.45, 2.75) is 62.2 Å². The predicted molar refractivity (Wildman–Crippen MR) is 77.8 cm³/mol. The molecule has 4 atom stereocenters. The Kier molecular flexibility index (Phi) is 1.79. The predicted octanol–water partition coefficient (Wildman–Crippen LogP) is 5.02. The van der Waals surface area contributed by atoms with E-state index in [1.165, 1.54) is 38.5 Å². The summed E-state index contributed by atoms with van der Waals surface area (Å²) in [5, 5.41) is 0. The summed E-state index contributed by atoms with van der Waals surface area (Å²) in [6.45, 7) is 0. The molecule has 0 heterocycles. The van der Waals surface area contributed by atoms with Crippen LogP contribution in [0, 0.1) is 3.57 Å². The second-order valence-corrected chi connectivity index (χ2v) is 7.69. The second kappa shape index (κ2) is 3.09. The lowest BCUT2D eigenvalue weighted by atomic mass is 9.83. The molecule has 0 aliphatic heterocycles. The van der Waals surface area contributed by atoms with Crippen molar-refractivity contribution in [3.8, 4) is 0 Å². The SMILES string of the molecule is Ic1c2c(cc3c1[C@H]1CC[C@@H]3C1)[C@@H]1CC[C@H]2C1. The number of hydrogen-bond acceptors (Lipinski definition) is 0. The molecule has 0 spiro atoms. The van der Waals surface area contributed by atoms with Crippen LogP contribution in [0.3, 0.4) is 0 Å². The maximum Gasteiger partial charge on any atom is 0.0205 e. The van der Waals surface area contributed by atoms with Gasteiger partial charge in [0, 0.05) is 3.57 Å². The molecule has 1 heteroatoms. The molecule has 2 fully saturated rings. The van der Waals surface area contributed by atoms with Gasteiger partial charge in [-0.05, 0) is 107 Å². The van der Waals surface area contributed by atoms with E-state index in [4.69, 9.17) is 0 Å². The van der Waals surface area contributed by atoms with Crippen LogP contribution in [0.5, 0.6) is 0 Å². The van der Waals surface area contributed by atoms with Gasteiger partial charge in [0.25, 0.3) is 0 Å². The topological polar surface area (TPSA) is 0 Å². The minimum Gasteiger partial charge on any atom is -0.0546 e. The Bertz CT molecular complexity index is 487. The summed E-state index contributed by atoms with van der Waals surface area (Å²) < 4.78 is 1.70. The lowest BCUT2D eigenvalue weighted by Gasteiger charge is -2.24. The quantitative estimate of drug-likeness (QED) is 0.584. The third-order valence-corrected chi connectivity index (χ3v) is 7.13. The molecule has 0 aromatic heterocycles. The monoisotopic (exact) mass is 336 g/mol. The van der Waals surface area contributed by atoms with E-state index in [-0.39, 0.29) is 0 Å². The van der Waals surface area contributed by atoms with E-state index in [0.717, 1.165) is 23.7 Å². The fourth-order valence-corrected chi connectivity index (χ4v) is 6.78. The van der Waals surface area contributed by atoms with Gasteiger partial charge in [0.1, 0.15) is 0 Å². The first-order valence-electron chi connectivity index (χ1n) is 7.19. The largest absolute Gasteiger partial charge is 0.0546 e. The Balaban J connectivity index is 1.82. The molecule has 0 N–H and O–H groups in total. The zero-order chi connectivity index (χ0) is 11.1. The van der Waals surface area contributed by atoms with Crippen molar-refractivity contribution >= 4 is 22.6 Å². The molecular formula is C16H17I. The molecule has 1 aromatic carbocycles. The maximum atomic E-state index is 2.69. The van der Waals surface area contributed by atoms with Gasteiger partial charge >= 0.3 is 0 Å². The summed E-state index contributed by atoms with van der Waals surface area (Å²) in [6, 6.07) is 2.65. The highest BCUT2D eigenvalue weighted by atomic mass is 127. The molecular weight excluding hydrogens is 319 g/mol. The summed E-state index contributed by atoms with van der Waals surface area (Å²) in [4.78, 5) is 0. The molecule has 0 saturated heterocycles. The van der Waals surface area contributed by atoms with Gasteiger partial charge in [-0.15, -0.1) is 0 Å². The van der Waals surface area contributed by atoms with Crippen LogP contribution in [0.1, 0.15) is 84.5 Å². The Morgan fingerprint density at radius 3 is 1.76 bits per heavy atom. The van der Waals surface area contributed by atoms with E-state index in [9.17, 15) is 0 Å². The third kappa shape index (κ3) is 1.07. The highest BCUT2D eigenvalue weighted by Gasteiger charge is 2.44. The van der Waals surface area contributed by atoms with Gasteiger partial charge in [-0.25, -0.2) is 0 Å². The first kappa shape index (κ1) is 9.82. The van der Waals surface area contributed by atoms with E-state index >= 15 is 0 Å². The fourth-order valence-electron chi connectivity index (χ4n) is 5.28. The first-order valence-corrected chi connectivity index (χ1v) is 8.27. The average Bonchev–Trinajstić information content (AvgIpc) is 3.08.